The van der Waals surface area contributed by atoms with E-state index in [9.17, 15) is 5.11 Å². The highest BCUT2D eigenvalue weighted by molar-refractivity contribution is 9.11. The molecule has 1 heterocycles. The number of benzene rings is 1. The fraction of sp³-hybridized carbons (Fsp3) is 0.286. The van der Waals surface area contributed by atoms with Crippen molar-refractivity contribution in [2.45, 2.75) is 12.5 Å². The van der Waals surface area contributed by atoms with Gasteiger partial charge in [-0.05, 0) is 34.1 Å². The SMILES string of the molecule is COc1cccc(C(O)Cc2ccc(Br)s2)c1OC. The Kier molecular flexibility index (Phi) is 4.85. The first-order chi connectivity index (χ1) is 9.15. The third-order valence-corrected chi connectivity index (χ3v) is 4.46. The van der Waals surface area contributed by atoms with Gasteiger partial charge in [0.05, 0.1) is 24.1 Å². The Morgan fingerprint density at radius 3 is 2.58 bits per heavy atom. The fourth-order valence-electron chi connectivity index (χ4n) is 1.94. The molecule has 0 saturated heterocycles. The summed E-state index contributed by atoms with van der Waals surface area (Å²) < 4.78 is 11.6. The zero-order valence-electron chi connectivity index (χ0n) is 10.7. The van der Waals surface area contributed by atoms with Gasteiger partial charge in [-0.1, -0.05) is 12.1 Å². The third kappa shape index (κ3) is 3.29. The molecule has 0 spiro atoms. The summed E-state index contributed by atoms with van der Waals surface area (Å²) in [6.45, 7) is 0. The molecule has 2 rings (SSSR count). The van der Waals surface area contributed by atoms with Crippen LogP contribution in [0.15, 0.2) is 34.1 Å². The topological polar surface area (TPSA) is 38.7 Å². The van der Waals surface area contributed by atoms with Crippen molar-refractivity contribution in [3.8, 4) is 11.5 Å². The molecule has 2 aromatic rings. The van der Waals surface area contributed by atoms with Gasteiger partial charge in [-0.2, -0.15) is 0 Å². The lowest BCUT2D eigenvalue weighted by Crippen LogP contribution is -2.04. The number of aliphatic hydroxyl groups is 1. The second kappa shape index (κ2) is 6.41. The second-order valence-corrected chi connectivity index (χ2v) is 6.56. The van der Waals surface area contributed by atoms with Crippen LogP contribution in [-0.2, 0) is 6.42 Å². The van der Waals surface area contributed by atoms with E-state index in [0.29, 0.717) is 17.9 Å². The fourth-order valence-corrected chi connectivity index (χ4v) is 3.46. The van der Waals surface area contributed by atoms with E-state index in [1.165, 1.54) is 0 Å². The van der Waals surface area contributed by atoms with Crippen molar-refractivity contribution in [3.05, 3.63) is 44.6 Å². The van der Waals surface area contributed by atoms with E-state index in [4.69, 9.17) is 9.47 Å². The number of aliphatic hydroxyl groups excluding tert-OH is 1. The molecule has 0 fully saturated rings. The van der Waals surface area contributed by atoms with Gasteiger partial charge in [0.1, 0.15) is 0 Å². The van der Waals surface area contributed by atoms with Gasteiger partial charge in [-0.15, -0.1) is 11.3 Å². The van der Waals surface area contributed by atoms with Gasteiger partial charge in [0.25, 0.3) is 0 Å². The minimum absolute atomic E-state index is 0.555. The van der Waals surface area contributed by atoms with Gasteiger partial charge in [0.2, 0.25) is 0 Å². The van der Waals surface area contributed by atoms with E-state index in [0.717, 1.165) is 14.2 Å². The number of hydrogen-bond acceptors (Lipinski definition) is 4. The summed E-state index contributed by atoms with van der Waals surface area (Å²) in [5.41, 5.74) is 0.742. The van der Waals surface area contributed by atoms with E-state index in [1.54, 1.807) is 25.6 Å². The summed E-state index contributed by atoms with van der Waals surface area (Å²) in [5, 5.41) is 10.4. The summed E-state index contributed by atoms with van der Waals surface area (Å²) in [7, 11) is 3.17. The van der Waals surface area contributed by atoms with Crippen LogP contribution in [0.3, 0.4) is 0 Å². The van der Waals surface area contributed by atoms with Gasteiger partial charge >= 0.3 is 0 Å². The molecular weight excluding hydrogens is 328 g/mol. The molecule has 1 unspecified atom stereocenters. The molecule has 102 valence electrons. The van der Waals surface area contributed by atoms with Crippen LogP contribution in [0.25, 0.3) is 0 Å². The Hall–Kier alpha value is -1.04. The van der Waals surface area contributed by atoms with E-state index >= 15 is 0 Å². The average molecular weight is 343 g/mol. The summed E-state index contributed by atoms with van der Waals surface area (Å²) >= 11 is 5.04. The first kappa shape index (κ1) is 14.4. The Balaban J connectivity index is 2.25. The lowest BCUT2D eigenvalue weighted by Gasteiger charge is -2.16. The molecule has 0 amide bonds. The predicted octanol–water partition coefficient (Wildman–Crippen LogP) is 3.80. The summed E-state index contributed by atoms with van der Waals surface area (Å²) in [4.78, 5) is 1.12. The van der Waals surface area contributed by atoms with Crippen molar-refractivity contribution in [1.82, 2.24) is 0 Å². The number of ether oxygens (including phenoxy) is 2. The molecule has 1 N–H and O–H groups in total. The van der Waals surface area contributed by atoms with Crippen molar-refractivity contribution in [3.63, 3.8) is 0 Å². The second-order valence-electron chi connectivity index (χ2n) is 4.01. The van der Waals surface area contributed by atoms with Gasteiger partial charge in [-0.3, -0.25) is 0 Å². The molecule has 0 aliphatic heterocycles. The molecule has 0 aliphatic rings. The first-order valence-electron chi connectivity index (χ1n) is 5.79. The van der Waals surface area contributed by atoms with Crippen LogP contribution in [0, 0.1) is 0 Å². The summed E-state index contributed by atoms with van der Waals surface area (Å²) in [6.07, 6.45) is -0.0598. The monoisotopic (exact) mass is 342 g/mol. The summed E-state index contributed by atoms with van der Waals surface area (Å²) in [6, 6.07) is 9.51. The maximum Gasteiger partial charge on any atom is 0.166 e. The molecule has 1 aromatic heterocycles. The van der Waals surface area contributed by atoms with Crippen LogP contribution in [0.1, 0.15) is 16.5 Å². The smallest absolute Gasteiger partial charge is 0.166 e. The van der Waals surface area contributed by atoms with Gasteiger partial charge in [0, 0.05) is 16.9 Å². The van der Waals surface area contributed by atoms with Crippen LogP contribution >= 0.6 is 27.3 Å². The Morgan fingerprint density at radius 2 is 2.00 bits per heavy atom. The molecular formula is C14H15BrO3S. The maximum absolute atomic E-state index is 10.4. The van der Waals surface area contributed by atoms with E-state index in [1.807, 2.05) is 30.3 Å². The average Bonchev–Trinajstić information content (AvgIpc) is 2.82. The number of hydrogen-bond donors (Lipinski definition) is 1. The highest BCUT2D eigenvalue weighted by atomic mass is 79.9. The van der Waals surface area contributed by atoms with Gasteiger partial charge < -0.3 is 14.6 Å². The molecule has 0 aliphatic carbocycles. The number of halogens is 1. The van der Waals surface area contributed by atoms with Crippen LogP contribution in [0.5, 0.6) is 11.5 Å². The first-order valence-corrected chi connectivity index (χ1v) is 7.39. The Labute approximate surface area is 124 Å². The standard InChI is InChI=1S/C14H15BrO3S/c1-17-12-5-3-4-10(14(12)18-2)11(16)8-9-6-7-13(15)19-9/h3-7,11,16H,8H2,1-2H3. The maximum atomic E-state index is 10.4. The molecule has 0 saturated carbocycles. The van der Waals surface area contributed by atoms with Crippen molar-refractivity contribution < 1.29 is 14.6 Å². The third-order valence-electron chi connectivity index (χ3n) is 2.82. The largest absolute Gasteiger partial charge is 0.493 e. The van der Waals surface area contributed by atoms with E-state index in [-0.39, 0.29) is 0 Å². The minimum Gasteiger partial charge on any atom is -0.493 e. The van der Waals surface area contributed by atoms with Crippen LogP contribution in [0.4, 0.5) is 0 Å². The highest BCUT2D eigenvalue weighted by Gasteiger charge is 2.17. The van der Waals surface area contributed by atoms with Crippen LogP contribution < -0.4 is 9.47 Å². The predicted molar refractivity (Wildman–Crippen MR) is 80.2 cm³/mol. The molecule has 0 radical (unpaired) electrons. The van der Waals surface area contributed by atoms with E-state index < -0.39 is 6.10 Å². The zero-order valence-corrected chi connectivity index (χ0v) is 13.1. The normalized spacial score (nSPS) is 12.2. The number of thiophene rings is 1. The van der Waals surface area contributed by atoms with Gasteiger partial charge in [-0.25, -0.2) is 0 Å². The van der Waals surface area contributed by atoms with Crippen LogP contribution in [-0.4, -0.2) is 19.3 Å². The molecule has 1 aromatic carbocycles. The number of para-hydroxylation sites is 1. The molecule has 0 bridgehead atoms. The van der Waals surface area contributed by atoms with Crippen molar-refractivity contribution >= 4 is 27.3 Å². The Morgan fingerprint density at radius 1 is 1.21 bits per heavy atom. The molecule has 5 heteroatoms. The molecule has 3 nitrogen and oxygen atoms in total. The number of rotatable bonds is 5. The lowest BCUT2D eigenvalue weighted by atomic mass is 10.0. The van der Waals surface area contributed by atoms with Gasteiger partial charge in [0.15, 0.2) is 11.5 Å². The highest BCUT2D eigenvalue weighted by Crippen LogP contribution is 2.36. The molecule has 19 heavy (non-hydrogen) atoms. The van der Waals surface area contributed by atoms with Crippen molar-refractivity contribution in [1.29, 1.82) is 0 Å². The summed E-state index contributed by atoms with van der Waals surface area (Å²) in [5.74, 6) is 1.22. The zero-order chi connectivity index (χ0) is 13.8. The number of methoxy groups -OCH3 is 2. The van der Waals surface area contributed by atoms with Crippen LogP contribution in [0.2, 0.25) is 0 Å². The van der Waals surface area contributed by atoms with E-state index in [2.05, 4.69) is 15.9 Å². The minimum atomic E-state index is -0.615. The molecule has 1 atom stereocenters. The Bertz CT molecular complexity index is 553. The lowest BCUT2D eigenvalue weighted by molar-refractivity contribution is 0.174. The van der Waals surface area contributed by atoms with Crippen molar-refractivity contribution in [2.75, 3.05) is 14.2 Å². The quantitative estimate of drug-likeness (QED) is 0.897. The van der Waals surface area contributed by atoms with Crippen molar-refractivity contribution in [2.24, 2.45) is 0 Å².